The number of nitrogen functional groups attached to an aromatic ring is 1. The third kappa shape index (κ3) is 5.38. The van der Waals surface area contributed by atoms with Gasteiger partial charge in [0.1, 0.15) is 5.75 Å². The number of benzene rings is 1. The second-order valence-corrected chi connectivity index (χ2v) is 4.22. The van der Waals surface area contributed by atoms with Gasteiger partial charge < -0.3 is 10.5 Å². The van der Waals surface area contributed by atoms with Gasteiger partial charge in [-0.15, -0.1) is 0 Å². The van der Waals surface area contributed by atoms with E-state index in [0.717, 1.165) is 0 Å². The van der Waals surface area contributed by atoms with E-state index < -0.39 is 12.7 Å². The number of alkyl halides is 3. The molecule has 3 nitrogen and oxygen atoms in total. The van der Waals surface area contributed by atoms with Gasteiger partial charge in [-0.3, -0.25) is 4.90 Å². The summed E-state index contributed by atoms with van der Waals surface area (Å²) in [7, 11) is 0. The van der Waals surface area contributed by atoms with Crippen LogP contribution in [0.15, 0.2) is 18.2 Å². The molecule has 0 aromatic heterocycles. The van der Waals surface area contributed by atoms with Gasteiger partial charge in [0.2, 0.25) is 0 Å². The SMILES string of the molecule is CCOc1ccc(N)cc1CN(CC)CC(F)(F)F. The highest BCUT2D eigenvalue weighted by Gasteiger charge is 2.30. The second-order valence-electron chi connectivity index (χ2n) is 4.22. The average molecular weight is 276 g/mol. The molecule has 0 radical (unpaired) electrons. The molecule has 6 heteroatoms. The third-order valence-electron chi connectivity index (χ3n) is 2.63. The molecule has 2 N–H and O–H groups in total. The van der Waals surface area contributed by atoms with E-state index in [1.807, 2.05) is 6.92 Å². The standard InChI is InChI=1S/C13H19F3N2O/c1-3-18(9-13(14,15)16)8-10-7-11(17)5-6-12(10)19-4-2/h5-7H,3-4,8-9,17H2,1-2H3. The van der Waals surface area contributed by atoms with Crippen LogP contribution in [0.25, 0.3) is 0 Å². The van der Waals surface area contributed by atoms with Gasteiger partial charge in [0, 0.05) is 17.8 Å². The smallest absolute Gasteiger partial charge is 0.401 e. The van der Waals surface area contributed by atoms with Crippen LogP contribution in [0.2, 0.25) is 0 Å². The van der Waals surface area contributed by atoms with Crippen LogP contribution in [-0.2, 0) is 6.54 Å². The molecule has 108 valence electrons. The van der Waals surface area contributed by atoms with Crippen molar-refractivity contribution >= 4 is 5.69 Å². The first kappa shape index (κ1) is 15.6. The predicted octanol–water partition coefficient (Wildman–Crippen LogP) is 3.05. The van der Waals surface area contributed by atoms with Gasteiger partial charge in [0.25, 0.3) is 0 Å². The average Bonchev–Trinajstić information content (AvgIpc) is 2.30. The number of nitrogens with two attached hydrogens (primary N) is 1. The molecule has 0 amide bonds. The fourth-order valence-corrected chi connectivity index (χ4v) is 1.79. The first-order valence-electron chi connectivity index (χ1n) is 6.16. The van der Waals surface area contributed by atoms with E-state index in [-0.39, 0.29) is 6.54 Å². The molecule has 1 rings (SSSR count). The summed E-state index contributed by atoms with van der Waals surface area (Å²) < 4.78 is 42.7. The van der Waals surface area contributed by atoms with E-state index in [1.54, 1.807) is 25.1 Å². The van der Waals surface area contributed by atoms with Crippen LogP contribution < -0.4 is 10.5 Å². The Labute approximate surface area is 111 Å². The van der Waals surface area contributed by atoms with Crippen molar-refractivity contribution in [2.45, 2.75) is 26.6 Å². The third-order valence-corrected chi connectivity index (χ3v) is 2.63. The monoisotopic (exact) mass is 276 g/mol. The summed E-state index contributed by atoms with van der Waals surface area (Å²) in [5.74, 6) is 0.581. The summed E-state index contributed by atoms with van der Waals surface area (Å²) in [5, 5.41) is 0. The Morgan fingerprint density at radius 2 is 1.95 bits per heavy atom. The lowest BCUT2D eigenvalue weighted by molar-refractivity contribution is -0.146. The summed E-state index contributed by atoms with van der Waals surface area (Å²) >= 11 is 0. The van der Waals surface area contributed by atoms with Gasteiger partial charge >= 0.3 is 6.18 Å². The van der Waals surface area contributed by atoms with E-state index in [9.17, 15) is 13.2 Å². The topological polar surface area (TPSA) is 38.5 Å². The molecule has 0 unspecified atom stereocenters. The molecule has 0 heterocycles. The van der Waals surface area contributed by atoms with Crippen LogP contribution in [-0.4, -0.2) is 30.8 Å². The van der Waals surface area contributed by atoms with Gasteiger partial charge in [-0.1, -0.05) is 6.92 Å². The van der Waals surface area contributed by atoms with Crippen LogP contribution in [0, 0.1) is 0 Å². The van der Waals surface area contributed by atoms with E-state index >= 15 is 0 Å². The molecule has 1 aromatic carbocycles. The fraction of sp³-hybridized carbons (Fsp3) is 0.538. The lowest BCUT2D eigenvalue weighted by atomic mass is 10.1. The molecule has 0 aliphatic heterocycles. The number of rotatable bonds is 6. The van der Waals surface area contributed by atoms with Crippen LogP contribution in [0.4, 0.5) is 18.9 Å². The molecule has 0 atom stereocenters. The minimum Gasteiger partial charge on any atom is -0.494 e. The molecule has 19 heavy (non-hydrogen) atoms. The Kier molecular flexibility index (Phi) is 5.47. The maximum atomic E-state index is 12.4. The van der Waals surface area contributed by atoms with Crippen LogP contribution in [0.1, 0.15) is 19.4 Å². The quantitative estimate of drug-likeness (QED) is 0.812. The maximum absolute atomic E-state index is 12.4. The van der Waals surface area contributed by atoms with Gasteiger partial charge in [0.15, 0.2) is 0 Å². The lowest BCUT2D eigenvalue weighted by Crippen LogP contribution is -2.33. The van der Waals surface area contributed by atoms with Crippen LogP contribution in [0.5, 0.6) is 5.75 Å². The van der Waals surface area contributed by atoms with Crippen molar-refractivity contribution in [1.29, 1.82) is 0 Å². The largest absolute Gasteiger partial charge is 0.494 e. The Morgan fingerprint density at radius 1 is 1.26 bits per heavy atom. The van der Waals surface area contributed by atoms with E-state index in [0.29, 0.717) is 30.2 Å². The highest BCUT2D eigenvalue weighted by molar-refractivity contribution is 5.47. The molecule has 0 aliphatic rings. The molecule has 0 fully saturated rings. The molecular formula is C13H19F3N2O. The molecule has 0 saturated carbocycles. The minimum atomic E-state index is -4.21. The molecule has 0 saturated heterocycles. The molecule has 1 aromatic rings. The first-order chi connectivity index (χ1) is 8.85. The maximum Gasteiger partial charge on any atom is 0.401 e. The predicted molar refractivity (Wildman–Crippen MR) is 69.0 cm³/mol. The zero-order chi connectivity index (χ0) is 14.5. The van der Waals surface area contributed by atoms with Gasteiger partial charge in [-0.25, -0.2) is 0 Å². The Morgan fingerprint density at radius 3 is 2.47 bits per heavy atom. The second kappa shape index (κ2) is 6.65. The number of anilines is 1. The fourth-order valence-electron chi connectivity index (χ4n) is 1.79. The van der Waals surface area contributed by atoms with E-state index in [4.69, 9.17) is 10.5 Å². The van der Waals surface area contributed by atoms with Crippen LogP contribution >= 0.6 is 0 Å². The van der Waals surface area contributed by atoms with Crippen molar-refractivity contribution < 1.29 is 17.9 Å². The normalized spacial score (nSPS) is 11.9. The van der Waals surface area contributed by atoms with Crippen molar-refractivity contribution in [3.8, 4) is 5.75 Å². The molecular weight excluding hydrogens is 257 g/mol. The highest BCUT2D eigenvalue weighted by Crippen LogP contribution is 2.25. The molecule has 0 aliphatic carbocycles. The van der Waals surface area contributed by atoms with Gasteiger partial charge in [-0.2, -0.15) is 13.2 Å². The van der Waals surface area contributed by atoms with Crippen molar-refractivity contribution in [2.24, 2.45) is 0 Å². The zero-order valence-corrected chi connectivity index (χ0v) is 11.1. The summed E-state index contributed by atoms with van der Waals surface area (Å²) in [6.07, 6.45) is -4.21. The van der Waals surface area contributed by atoms with Gasteiger partial charge in [-0.05, 0) is 31.7 Å². The summed E-state index contributed by atoms with van der Waals surface area (Å²) in [6, 6.07) is 5.02. The number of ether oxygens (including phenoxy) is 1. The highest BCUT2D eigenvalue weighted by atomic mass is 19.4. The summed E-state index contributed by atoms with van der Waals surface area (Å²) in [5.41, 5.74) is 6.86. The number of halogens is 3. The van der Waals surface area contributed by atoms with Crippen molar-refractivity contribution in [3.63, 3.8) is 0 Å². The Hall–Kier alpha value is -1.43. The Bertz CT molecular complexity index is 407. The van der Waals surface area contributed by atoms with E-state index in [2.05, 4.69) is 0 Å². The zero-order valence-electron chi connectivity index (χ0n) is 11.1. The van der Waals surface area contributed by atoms with Gasteiger partial charge in [0.05, 0.1) is 13.2 Å². The number of nitrogens with zero attached hydrogens (tertiary/aromatic N) is 1. The molecule has 0 spiro atoms. The minimum absolute atomic E-state index is 0.163. The lowest BCUT2D eigenvalue weighted by Gasteiger charge is -2.23. The van der Waals surface area contributed by atoms with Crippen molar-refractivity contribution in [1.82, 2.24) is 4.90 Å². The number of hydrogen-bond acceptors (Lipinski definition) is 3. The number of hydrogen-bond donors (Lipinski definition) is 1. The Balaban J connectivity index is 2.86. The molecule has 0 bridgehead atoms. The summed E-state index contributed by atoms with van der Waals surface area (Å²) in [6.45, 7) is 3.51. The van der Waals surface area contributed by atoms with Crippen molar-refractivity contribution in [2.75, 3.05) is 25.4 Å². The van der Waals surface area contributed by atoms with E-state index in [1.165, 1.54) is 4.90 Å². The first-order valence-corrected chi connectivity index (χ1v) is 6.16. The summed E-state index contributed by atoms with van der Waals surface area (Å²) in [4.78, 5) is 1.30. The van der Waals surface area contributed by atoms with Crippen LogP contribution in [0.3, 0.4) is 0 Å². The van der Waals surface area contributed by atoms with Crippen molar-refractivity contribution in [3.05, 3.63) is 23.8 Å².